The minimum absolute atomic E-state index is 0. The molecule has 3 aromatic rings. The van der Waals surface area contributed by atoms with Crippen LogP contribution in [0.1, 0.15) is 28.3 Å². The third kappa shape index (κ3) is 7.23. The number of halogens is 4. The Morgan fingerprint density at radius 3 is 2.16 bits per heavy atom. The fraction of sp³-hybridized carbons (Fsp3) is 0.286. The molecule has 166 valence electrons. The average molecular weight is 544 g/mol. The van der Waals surface area contributed by atoms with Crippen molar-refractivity contribution in [1.82, 2.24) is 25.4 Å². The third-order valence-corrected chi connectivity index (χ3v) is 4.60. The third-order valence-electron chi connectivity index (χ3n) is 4.60. The summed E-state index contributed by atoms with van der Waals surface area (Å²) in [5.74, 6) is 2.07. The number of guanidine groups is 1. The number of rotatable bonds is 6. The molecule has 0 atom stereocenters. The monoisotopic (exact) mass is 544 g/mol. The van der Waals surface area contributed by atoms with Crippen LogP contribution in [0.15, 0.2) is 59.6 Å². The van der Waals surface area contributed by atoms with Crippen LogP contribution in [0.2, 0.25) is 0 Å². The highest BCUT2D eigenvalue weighted by Crippen LogP contribution is 2.29. The summed E-state index contributed by atoms with van der Waals surface area (Å²) < 4.78 is 40.1. The molecule has 0 amide bonds. The molecule has 0 aliphatic heterocycles. The van der Waals surface area contributed by atoms with Gasteiger partial charge in [0.2, 0.25) is 0 Å². The number of nitrogens with zero attached hydrogens (tertiary/aromatic N) is 4. The Morgan fingerprint density at radius 1 is 0.935 bits per heavy atom. The smallest absolute Gasteiger partial charge is 0.352 e. The number of benzene rings is 2. The molecule has 6 nitrogen and oxygen atoms in total. The average Bonchev–Trinajstić information content (AvgIpc) is 3.06. The zero-order chi connectivity index (χ0) is 21.6. The number of nitrogens with one attached hydrogen (secondary N) is 2. The van der Waals surface area contributed by atoms with Gasteiger partial charge in [-0.25, -0.2) is 4.99 Å². The molecule has 0 radical (unpaired) electrons. The van der Waals surface area contributed by atoms with Crippen molar-refractivity contribution in [2.24, 2.45) is 12.0 Å². The SMILES string of the molecule is Cc1nnc(CNC(=NCc2ccccc2)NCc2ccc(C(F)(F)F)cc2)n1C.I. The van der Waals surface area contributed by atoms with Gasteiger partial charge in [-0.3, -0.25) is 0 Å². The Labute approximate surface area is 196 Å². The van der Waals surface area contributed by atoms with Crippen molar-refractivity contribution in [3.8, 4) is 0 Å². The molecule has 0 spiro atoms. The second kappa shape index (κ2) is 11.1. The van der Waals surface area contributed by atoms with Crippen molar-refractivity contribution in [3.05, 3.63) is 82.9 Å². The largest absolute Gasteiger partial charge is 0.416 e. The molecule has 0 saturated heterocycles. The molecule has 1 aromatic heterocycles. The number of aryl methyl sites for hydroxylation is 1. The minimum Gasteiger partial charge on any atom is -0.352 e. The zero-order valence-corrected chi connectivity index (χ0v) is 19.5. The van der Waals surface area contributed by atoms with Crippen molar-refractivity contribution >= 4 is 29.9 Å². The zero-order valence-electron chi connectivity index (χ0n) is 17.1. The van der Waals surface area contributed by atoms with Crippen molar-refractivity contribution in [3.63, 3.8) is 0 Å². The van der Waals surface area contributed by atoms with Gasteiger partial charge in [-0.2, -0.15) is 13.2 Å². The number of alkyl halides is 3. The van der Waals surface area contributed by atoms with Crippen LogP contribution in [0.5, 0.6) is 0 Å². The molecule has 0 unspecified atom stereocenters. The summed E-state index contributed by atoms with van der Waals surface area (Å²) in [4.78, 5) is 4.57. The Morgan fingerprint density at radius 2 is 1.58 bits per heavy atom. The summed E-state index contributed by atoms with van der Waals surface area (Å²) in [6, 6.07) is 14.8. The van der Waals surface area contributed by atoms with E-state index in [1.54, 1.807) is 0 Å². The summed E-state index contributed by atoms with van der Waals surface area (Å²) in [5, 5.41) is 14.5. The van der Waals surface area contributed by atoms with E-state index >= 15 is 0 Å². The first-order valence-electron chi connectivity index (χ1n) is 9.40. The van der Waals surface area contributed by atoms with Gasteiger partial charge in [0, 0.05) is 13.6 Å². The van der Waals surface area contributed by atoms with Gasteiger partial charge in [0.05, 0.1) is 18.7 Å². The second-order valence-electron chi connectivity index (χ2n) is 6.77. The summed E-state index contributed by atoms with van der Waals surface area (Å²) in [5.41, 5.74) is 1.09. The van der Waals surface area contributed by atoms with E-state index in [1.807, 2.05) is 48.9 Å². The normalized spacial score (nSPS) is 11.7. The fourth-order valence-corrected chi connectivity index (χ4v) is 2.69. The minimum atomic E-state index is -4.34. The molecule has 1 heterocycles. The molecule has 0 saturated carbocycles. The van der Waals surface area contributed by atoms with E-state index in [1.165, 1.54) is 12.1 Å². The van der Waals surface area contributed by atoms with Gasteiger partial charge < -0.3 is 15.2 Å². The number of aromatic nitrogens is 3. The van der Waals surface area contributed by atoms with Crippen LogP contribution >= 0.6 is 24.0 Å². The number of aliphatic imine (C=N–C) groups is 1. The van der Waals surface area contributed by atoms with E-state index in [4.69, 9.17) is 0 Å². The Kier molecular flexibility index (Phi) is 8.84. The van der Waals surface area contributed by atoms with Crippen LogP contribution < -0.4 is 10.6 Å². The van der Waals surface area contributed by atoms with Crippen LogP contribution in [0.3, 0.4) is 0 Å². The first-order chi connectivity index (χ1) is 14.3. The van der Waals surface area contributed by atoms with Crippen LogP contribution in [0.4, 0.5) is 13.2 Å². The quantitative estimate of drug-likeness (QED) is 0.278. The first-order valence-corrected chi connectivity index (χ1v) is 9.40. The lowest BCUT2D eigenvalue weighted by Crippen LogP contribution is -2.37. The van der Waals surface area contributed by atoms with Crippen molar-refractivity contribution in [2.75, 3.05) is 0 Å². The van der Waals surface area contributed by atoms with Crippen molar-refractivity contribution < 1.29 is 13.2 Å². The van der Waals surface area contributed by atoms with E-state index in [2.05, 4.69) is 25.8 Å². The highest BCUT2D eigenvalue weighted by atomic mass is 127. The molecule has 0 bridgehead atoms. The van der Waals surface area contributed by atoms with Gasteiger partial charge >= 0.3 is 6.18 Å². The van der Waals surface area contributed by atoms with Gasteiger partial charge in [0.15, 0.2) is 11.8 Å². The van der Waals surface area contributed by atoms with Gasteiger partial charge in [-0.1, -0.05) is 42.5 Å². The molecule has 0 fully saturated rings. The molecule has 0 aliphatic rings. The van der Waals surface area contributed by atoms with Crippen LogP contribution in [0, 0.1) is 6.92 Å². The highest BCUT2D eigenvalue weighted by Gasteiger charge is 2.29. The molecule has 0 aliphatic carbocycles. The predicted molar refractivity (Wildman–Crippen MR) is 124 cm³/mol. The van der Waals surface area contributed by atoms with Crippen molar-refractivity contribution in [2.45, 2.75) is 32.7 Å². The van der Waals surface area contributed by atoms with E-state index in [9.17, 15) is 13.2 Å². The Hall–Kier alpha value is -2.63. The van der Waals surface area contributed by atoms with E-state index in [0.717, 1.165) is 29.3 Å². The standard InChI is InChI=1S/C21H23F3N6.HI/c1-15-28-29-19(30(15)2)14-27-20(25-12-16-6-4-3-5-7-16)26-13-17-8-10-18(11-9-17)21(22,23)24;/h3-11H,12-14H2,1-2H3,(H2,25,26,27);1H. The summed E-state index contributed by atoms with van der Waals surface area (Å²) in [6.07, 6.45) is -4.34. The lowest BCUT2D eigenvalue weighted by Gasteiger charge is -2.13. The molecule has 2 aromatic carbocycles. The Bertz CT molecular complexity index is 985. The predicted octanol–water partition coefficient (Wildman–Crippen LogP) is 4.20. The first kappa shape index (κ1) is 24.6. The second-order valence-corrected chi connectivity index (χ2v) is 6.77. The lowest BCUT2D eigenvalue weighted by atomic mass is 10.1. The highest BCUT2D eigenvalue weighted by molar-refractivity contribution is 14.0. The lowest BCUT2D eigenvalue weighted by molar-refractivity contribution is -0.137. The van der Waals surface area contributed by atoms with E-state index < -0.39 is 11.7 Å². The van der Waals surface area contributed by atoms with E-state index in [-0.39, 0.29) is 24.0 Å². The van der Waals surface area contributed by atoms with Crippen LogP contribution in [-0.2, 0) is 32.9 Å². The maximum atomic E-state index is 12.7. The number of hydrogen-bond acceptors (Lipinski definition) is 3. The summed E-state index contributed by atoms with van der Waals surface area (Å²) >= 11 is 0. The van der Waals surface area contributed by atoms with Crippen LogP contribution in [-0.4, -0.2) is 20.7 Å². The molecular formula is C21H24F3IN6. The van der Waals surface area contributed by atoms with Crippen molar-refractivity contribution in [1.29, 1.82) is 0 Å². The molecule has 31 heavy (non-hydrogen) atoms. The molecular weight excluding hydrogens is 520 g/mol. The van der Waals surface area contributed by atoms with Gasteiger partial charge in [-0.15, -0.1) is 34.2 Å². The fourth-order valence-electron chi connectivity index (χ4n) is 2.69. The summed E-state index contributed by atoms with van der Waals surface area (Å²) in [7, 11) is 1.88. The Balaban J connectivity index is 0.00000341. The van der Waals surface area contributed by atoms with Gasteiger partial charge in [-0.05, 0) is 30.2 Å². The molecule has 2 N–H and O–H groups in total. The number of hydrogen-bond donors (Lipinski definition) is 2. The summed E-state index contributed by atoms with van der Waals surface area (Å²) in [6.45, 7) is 3.06. The van der Waals surface area contributed by atoms with E-state index in [0.29, 0.717) is 31.2 Å². The molecule has 3 rings (SSSR count). The maximum Gasteiger partial charge on any atom is 0.416 e. The molecule has 10 heteroatoms. The van der Waals surface area contributed by atoms with Gasteiger partial charge in [0.25, 0.3) is 0 Å². The van der Waals surface area contributed by atoms with Gasteiger partial charge in [0.1, 0.15) is 5.82 Å². The maximum absolute atomic E-state index is 12.7. The topological polar surface area (TPSA) is 67.1 Å². The van der Waals surface area contributed by atoms with Crippen LogP contribution in [0.25, 0.3) is 0 Å².